The molecule has 9 nitrogen and oxygen atoms in total. The van der Waals surface area contributed by atoms with Gasteiger partial charge in [0, 0.05) is 17.4 Å². The highest BCUT2D eigenvalue weighted by molar-refractivity contribution is 6.08. The normalized spacial score (nSPS) is 10.8. The highest BCUT2D eigenvalue weighted by Crippen LogP contribution is 2.33. The first-order valence-electron chi connectivity index (χ1n) is 10.9. The molecule has 1 amide bonds. The number of halogens is 1. The lowest BCUT2D eigenvalue weighted by Crippen LogP contribution is -2.13. The van der Waals surface area contributed by atoms with Crippen molar-refractivity contribution < 1.29 is 18.7 Å². The second-order valence-corrected chi connectivity index (χ2v) is 7.70. The molecule has 2 heterocycles. The molecule has 0 radical (unpaired) electrons. The molecule has 180 valence electrons. The number of amides is 1. The average molecular weight is 484 g/mol. The summed E-state index contributed by atoms with van der Waals surface area (Å²) in [5.41, 5.74) is 2.66. The van der Waals surface area contributed by atoms with Gasteiger partial charge in [0.25, 0.3) is 5.91 Å². The Morgan fingerprint density at radius 2 is 1.75 bits per heavy atom. The number of anilines is 1. The highest BCUT2D eigenvalue weighted by Gasteiger charge is 2.21. The van der Waals surface area contributed by atoms with Crippen molar-refractivity contribution >= 4 is 11.6 Å². The van der Waals surface area contributed by atoms with Crippen molar-refractivity contribution in [3.05, 3.63) is 97.0 Å². The maximum atomic E-state index is 14.7. The lowest BCUT2D eigenvalue weighted by atomic mass is 10.1. The van der Waals surface area contributed by atoms with E-state index in [2.05, 4.69) is 20.5 Å². The Bertz CT molecular complexity index is 1520. The summed E-state index contributed by atoms with van der Waals surface area (Å²) in [7, 11) is 3.09. The van der Waals surface area contributed by atoms with Crippen LogP contribution in [0, 0.1) is 5.82 Å². The molecule has 36 heavy (non-hydrogen) atoms. The number of methoxy groups -OCH3 is 2. The van der Waals surface area contributed by atoms with Crippen LogP contribution in [0.3, 0.4) is 0 Å². The second-order valence-electron chi connectivity index (χ2n) is 7.70. The SMILES string of the molecule is COc1ccc(-c2nn(-c3ccccc3)cc2C(=O)Nc2ccc(-n3cncn3)c(F)c2)cc1OC. The second kappa shape index (κ2) is 9.71. The number of benzene rings is 3. The van der Waals surface area contributed by atoms with Crippen LogP contribution in [0.15, 0.2) is 85.6 Å². The number of hydrogen-bond donors (Lipinski definition) is 1. The van der Waals surface area contributed by atoms with Crippen LogP contribution in [0.4, 0.5) is 10.1 Å². The van der Waals surface area contributed by atoms with Gasteiger partial charge in [-0.05, 0) is 48.5 Å². The van der Waals surface area contributed by atoms with Gasteiger partial charge in [0.2, 0.25) is 0 Å². The van der Waals surface area contributed by atoms with Crippen LogP contribution in [0.25, 0.3) is 22.6 Å². The van der Waals surface area contributed by atoms with Gasteiger partial charge in [-0.3, -0.25) is 4.79 Å². The molecule has 2 aromatic heterocycles. The molecule has 0 saturated heterocycles. The van der Waals surface area contributed by atoms with Crippen LogP contribution in [0.5, 0.6) is 11.5 Å². The van der Waals surface area contributed by atoms with E-state index in [1.807, 2.05) is 30.3 Å². The van der Waals surface area contributed by atoms with E-state index in [-0.39, 0.29) is 11.4 Å². The summed E-state index contributed by atoms with van der Waals surface area (Å²) >= 11 is 0. The fraction of sp³-hybridized carbons (Fsp3) is 0.0769. The van der Waals surface area contributed by atoms with Crippen LogP contribution in [-0.4, -0.2) is 44.7 Å². The summed E-state index contributed by atoms with van der Waals surface area (Å²) < 4.78 is 28.4. The maximum Gasteiger partial charge on any atom is 0.259 e. The molecule has 5 rings (SSSR count). The Morgan fingerprint density at radius 1 is 0.944 bits per heavy atom. The van der Waals surface area contributed by atoms with Crippen molar-refractivity contribution in [2.75, 3.05) is 19.5 Å². The number of para-hydroxylation sites is 1. The third kappa shape index (κ3) is 4.39. The Labute approximate surface area is 205 Å². The van der Waals surface area contributed by atoms with Crippen LogP contribution < -0.4 is 14.8 Å². The zero-order chi connectivity index (χ0) is 25.1. The van der Waals surface area contributed by atoms with Gasteiger partial charge in [-0.15, -0.1) is 0 Å². The molecule has 0 aliphatic carbocycles. The molecule has 0 aliphatic heterocycles. The summed E-state index contributed by atoms with van der Waals surface area (Å²) in [6.45, 7) is 0. The van der Waals surface area contributed by atoms with E-state index < -0.39 is 11.7 Å². The first-order valence-corrected chi connectivity index (χ1v) is 10.9. The maximum absolute atomic E-state index is 14.7. The molecule has 0 unspecified atom stereocenters. The first kappa shape index (κ1) is 22.8. The molecule has 0 atom stereocenters. The zero-order valence-electron chi connectivity index (χ0n) is 19.4. The predicted octanol–water partition coefficient (Wildman–Crippen LogP) is 4.53. The number of hydrogen-bond acceptors (Lipinski definition) is 6. The Hall–Kier alpha value is -4.99. The zero-order valence-corrected chi connectivity index (χ0v) is 19.4. The smallest absolute Gasteiger partial charge is 0.259 e. The molecule has 5 aromatic rings. The van der Waals surface area contributed by atoms with Crippen LogP contribution in [-0.2, 0) is 0 Å². The topological polar surface area (TPSA) is 96.1 Å². The highest BCUT2D eigenvalue weighted by atomic mass is 19.1. The van der Waals surface area contributed by atoms with Gasteiger partial charge in [-0.2, -0.15) is 10.2 Å². The summed E-state index contributed by atoms with van der Waals surface area (Å²) in [5, 5.41) is 11.4. The van der Waals surface area contributed by atoms with Crippen molar-refractivity contribution in [2.45, 2.75) is 0 Å². The van der Waals surface area contributed by atoms with Crippen molar-refractivity contribution in [3.8, 4) is 34.1 Å². The van der Waals surface area contributed by atoms with Gasteiger partial charge < -0.3 is 14.8 Å². The molecule has 0 spiro atoms. The van der Waals surface area contributed by atoms with E-state index in [0.717, 1.165) is 5.69 Å². The quantitative estimate of drug-likeness (QED) is 0.365. The Morgan fingerprint density at radius 3 is 2.44 bits per heavy atom. The fourth-order valence-electron chi connectivity index (χ4n) is 3.75. The number of carbonyl (C=O) groups excluding carboxylic acids is 1. The first-order chi connectivity index (χ1) is 17.6. The molecular formula is C26H21FN6O3. The number of ether oxygens (including phenoxy) is 2. The molecular weight excluding hydrogens is 463 g/mol. The summed E-state index contributed by atoms with van der Waals surface area (Å²) in [6, 6.07) is 19.0. The van der Waals surface area contributed by atoms with E-state index in [1.165, 1.54) is 36.6 Å². The van der Waals surface area contributed by atoms with Gasteiger partial charge in [0.05, 0.1) is 25.5 Å². The third-order valence-electron chi connectivity index (χ3n) is 5.51. The van der Waals surface area contributed by atoms with Gasteiger partial charge in [-0.25, -0.2) is 18.7 Å². The van der Waals surface area contributed by atoms with Gasteiger partial charge in [0.15, 0.2) is 17.3 Å². The molecule has 10 heteroatoms. The van der Waals surface area contributed by atoms with Gasteiger partial charge in [-0.1, -0.05) is 18.2 Å². The number of nitrogens with one attached hydrogen (secondary N) is 1. The van der Waals surface area contributed by atoms with E-state index in [9.17, 15) is 9.18 Å². The Balaban J connectivity index is 1.52. The predicted molar refractivity (Wildman–Crippen MR) is 131 cm³/mol. The molecule has 0 saturated carbocycles. The summed E-state index contributed by atoms with van der Waals surface area (Å²) in [4.78, 5) is 17.2. The lowest BCUT2D eigenvalue weighted by Gasteiger charge is -2.10. The largest absolute Gasteiger partial charge is 0.493 e. The van der Waals surface area contributed by atoms with Crippen LogP contribution >= 0.6 is 0 Å². The minimum atomic E-state index is -0.557. The van der Waals surface area contributed by atoms with Crippen molar-refractivity contribution in [3.63, 3.8) is 0 Å². The minimum absolute atomic E-state index is 0.216. The molecule has 3 aromatic carbocycles. The summed E-state index contributed by atoms with van der Waals surface area (Å²) in [5.74, 6) is 0.0485. The van der Waals surface area contributed by atoms with Crippen molar-refractivity contribution in [2.24, 2.45) is 0 Å². The monoisotopic (exact) mass is 484 g/mol. The number of rotatable bonds is 7. The molecule has 0 bridgehead atoms. The number of nitrogens with zero attached hydrogens (tertiary/aromatic N) is 5. The van der Waals surface area contributed by atoms with Crippen LogP contribution in [0.1, 0.15) is 10.4 Å². The van der Waals surface area contributed by atoms with Crippen molar-refractivity contribution in [1.82, 2.24) is 24.5 Å². The molecule has 1 N–H and O–H groups in total. The van der Waals surface area contributed by atoms with E-state index in [4.69, 9.17) is 9.47 Å². The van der Waals surface area contributed by atoms with Gasteiger partial charge >= 0.3 is 0 Å². The lowest BCUT2D eigenvalue weighted by molar-refractivity contribution is 0.102. The number of carbonyl (C=O) groups is 1. The van der Waals surface area contributed by atoms with E-state index >= 15 is 0 Å². The van der Waals surface area contributed by atoms with Crippen molar-refractivity contribution in [1.29, 1.82) is 0 Å². The Kier molecular flexibility index (Phi) is 6.14. The third-order valence-corrected chi connectivity index (χ3v) is 5.51. The fourth-order valence-corrected chi connectivity index (χ4v) is 3.75. The van der Waals surface area contributed by atoms with Gasteiger partial charge in [0.1, 0.15) is 24.0 Å². The van der Waals surface area contributed by atoms with Crippen LogP contribution in [0.2, 0.25) is 0 Å². The van der Waals surface area contributed by atoms with E-state index in [1.54, 1.807) is 42.3 Å². The standard InChI is InChI=1S/C26H21FN6O3/c1-35-23-11-8-17(12-24(23)36-2)25-20(14-32(31-25)19-6-4-3-5-7-19)26(34)30-18-9-10-22(21(27)13-18)33-16-28-15-29-33/h3-16H,1-2H3,(H,30,34). The van der Waals surface area contributed by atoms with E-state index in [0.29, 0.717) is 28.3 Å². The summed E-state index contributed by atoms with van der Waals surface area (Å²) in [6.07, 6.45) is 4.34. The average Bonchev–Trinajstić information content (AvgIpc) is 3.60. The molecule has 0 aliphatic rings. The minimum Gasteiger partial charge on any atom is -0.493 e. The molecule has 0 fully saturated rings. The number of aromatic nitrogens is 5.